The quantitative estimate of drug-likeness (QED) is 0.675. The van der Waals surface area contributed by atoms with Crippen LogP contribution in [0.15, 0.2) is 60.8 Å². The molecule has 2 atom stereocenters. The fourth-order valence-electron chi connectivity index (χ4n) is 3.15. The molecular formula is C22H28N4O. The summed E-state index contributed by atoms with van der Waals surface area (Å²) in [5.74, 6) is -0.402. The molecule has 5 nitrogen and oxygen atoms in total. The molecule has 0 aliphatic rings. The molecule has 0 saturated carbocycles. The minimum Gasteiger partial charge on any atom is -0.346 e. The molecule has 0 spiro atoms. The average molecular weight is 364 g/mol. The van der Waals surface area contributed by atoms with Crippen molar-refractivity contribution in [3.8, 4) is 0 Å². The molecule has 1 heterocycles. The zero-order chi connectivity index (χ0) is 19.4. The first kappa shape index (κ1) is 19.1. The van der Waals surface area contributed by atoms with Crippen molar-refractivity contribution in [3.63, 3.8) is 0 Å². The minimum absolute atomic E-state index is 0.0721. The fourth-order valence-corrected chi connectivity index (χ4v) is 3.15. The van der Waals surface area contributed by atoms with Crippen molar-refractivity contribution in [2.75, 3.05) is 26.0 Å². The summed E-state index contributed by atoms with van der Waals surface area (Å²) in [6.07, 6.45) is 2.09. The number of likely N-dealkylation sites (N-methyl/N-ethyl adjacent to an activating group) is 1. The van der Waals surface area contributed by atoms with Crippen molar-refractivity contribution in [2.24, 2.45) is 11.7 Å². The lowest BCUT2D eigenvalue weighted by Crippen LogP contribution is -2.30. The van der Waals surface area contributed by atoms with Gasteiger partial charge in [-0.1, -0.05) is 43.3 Å². The number of aromatic nitrogens is 1. The van der Waals surface area contributed by atoms with Crippen LogP contribution in [0.4, 0.5) is 5.69 Å². The third-order valence-electron chi connectivity index (χ3n) is 4.97. The van der Waals surface area contributed by atoms with Crippen LogP contribution in [-0.2, 0) is 11.3 Å². The van der Waals surface area contributed by atoms with Crippen molar-refractivity contribution in [1.82, 2.24) is 9.47 Å². The Kier molecular flexibility index (Phi) is 5.94. The number of carbonyl (C=O) groups excluding carboxylic acids is 1. The molecule has 3 N–H and O–H groups in total. The zero-order valence-corrected chi connectivity index (χ0v) is 16.2. The highest BCUT2D eigenvalue weighted by atomic mass is 16.1. The van der Waals surface area contributed by atoms with Crippen molar-refractivity contribution >= 4 is 22.5 Å². The summed E-state index contributed by atoms with van der Waals surface area (Å²) >= 11 is 0. The Balaban J connectivity index is 1.73. The highest BCUT2D eigenvalue weighted by Gasteiger charge is 2.22. The lowest BCUT2D eigenvalue weighted by Gasteiger charge is -2.20. The second-order valence-electron chi connectivity index (χ2n) is 7.30. The van der Waals surface area contributed by atoms with E-state index >= 15 is 0 Å². The molecule has 3 aromatic rings. The van der Waals surface area contributed by atoms with Gasteiger partial charge in [-0.05, 0) is 43.2 Å². The van der Waals surface area contributed by atoms with E-state index in [1.54, 1.807) is 0 Å². The summed E-state index contributed by atoms with van der Waals surface area (Å²) < 4.78 is 2.21. The van der Waals surface area contributed by atoms with Crippen LogP contribution in [0.25, 0.3) is 10.9 Å². The number of rotatable bonds is 7. The number of nitrogens with two attached hydrogens (primary N) is 1. The van der Waals surface area contributed by atoms with Crippen molar-refractivity contribution < 1.29 is 4.79 Å². The Hall–Kier alpha value is -2.63. The summed E-state index contributed by atoms with van der Waals surface area (Å²) in [7, 11) is 4.13. The molecule has 2 unspecified atom stereocenters. The lowest BCUT2D eigenvalue weighted by atomic mass is 9.94. The largest absolute Gasteiger partial charge is 0.346 e. The average Bonchev–Trinajstić information content (AvgIpc) is 3.08. The highest BCUT2D eigenvalue weighted by molar-refractivity contribution is 5.95. The second-order valence-corrected chi connectivity index (χ2v) is 7.30. The molecular weight excluding hydrogens is 336 g/mol. The molecule has 3 rings (SSSR count). The maximum absolute atomic E-state index is 12.7. The topological polar surface area (TPSA) is 63.3 Å². The first-order chi connectivity index (χ1) is 13.0. The SMILES string of the molecule is CC(C(=O)Nc1ccc2ccn(CCN(C)C)c2c1)C(N)c1ccccc1. The van der Waals surface area contributed by atoms with Crippen LogP contribution in [0.3, 0.4) is 0 Å². The molecule has 1 amide bonds. The second kappa shape index (κ2) is 8.37. The lowest BCUT2D eigenvalue weighted by molar-refractivity contribution is -0.120. The van der Waals surface area contributed by atoms with Crippen LogP contribution < -0.4 is 11.1 Å². The molecule has 0 fully saturated rings. The van der Waals surface area contributed by atoms with Crippen LogP contribution in [0.1, 0.15) is 18.5 Å². The molecule has 142 valence electrons. The van der Waals surface area contributed by atoms with E-state index in [0.29, 0.717) is 0 Å². The highest BCUT2D eigenvalue weighted by Crippen LogP contribution is 2.24. The molecule has 27 heavy (non-hydrogen) atoms. The van der Waals surface area contributed by atoms with Gasteiger partial charge in [-0.25, -0.2) is 0 Å². The van der Waals surface area contributed by atoms with E-state index in [4.69, 9.17) is 5.73 Å². The number of hydrogen-bond donors (Lipinski definition) is 2. The number of fused-ring (bicyclic) bond motifs is 1. The third-order valence-corrected chi connectivity index (χ3v) is 4.97. The van der Waals surface area contributed by atoms with Crippen LogP contribution in [0.5, 0.6) is 0 Å². The van der Waals surface area contributed by atoms with Gasteiger partial charge < -0.3 is 20.5 Å². The number of amides is 1. The number of nitrogens with zero attached hydrogens (tertiary/aromatic N) is 2. The van der Waals surface area contributed by atoms with E-state index in [9.17, 15) is 4.79 Å². The molecule has 0 aliphatic heterocycles. The Morgan fingerprint density at radius 3 is 2.59 bits per heavy atom. The van der Waals surface area contributed by atoms with E-state index < -0.39 is 0 Å². The van der Waals surface area contributed by atoms with Crippen LogP contribution in [0.2, 0.25) is 0 Å². The molecule has 0 bridgehead atoms. The van der Waals surface area contributed by atoms with Gasteiger partial charge in [-0.2, -0.15) is 0 Å². The van der Waals surface area contributed by atoms with E-state index in [1.807, 2.05) is 55.5 Å². The fraction of sp³-hybridized carbons (Fsp3) is 0.318. The maximum atomic E-state index is 12.7. The first-order valence-electron chi connectivity index (χ1n) is 9.30. The van der Waals surface area contributed by atoms with Gasteiger partial charge in [0.15, 0.2) is 0 Å². The Morgan fingerprint density at radius 1 is 1.15 bits per heavy atom. The van der Waals surface area contributed by atoms with Crippen LogP contribution >= 0.6 is 0 Å². The molecule has 1 aromatic heterocycles. The maximum Gasteiger partial charge on any atom is 0.229 e. The zero-order valence-electron chi connectivity index (χ0n) is 16.2. The molecule has 0 aliphatic carbocycles. The van der Waals surface area contributed by atoms with E-state index in [1.165, 1.54) is 5.39 Å². The summed E-state index contributed by atoms with van der Waals surface area (Å²) in [6.45, 7) is 3.73. The smallest absolute Gasteiger partial charge is 0.229 e. The van der Waals surface area contributed by atoms with Gasteiger partial charge in [-0.15, -0.1) is 0 Å². The molecule has 5 heteroatoms. The van der Waals surface area contributed by atoms with Crippen molar-refractivity contribution in [3.05, 3.63) is 66.4 Å². The van der Waals surface area contributed by atoms with Gasteiger partial charge in [0.25, 0.3) is 0 Å². The van der Waals surface area contributed by atoms with Crippen LogP contribution in [0, 0.1) is 5.92 Å². The number of benzene rings is 2. The normalized spacial score (nSPS) is 13.7. The number of anilines is 1. The predicted molar refractivity (Wildman–Crippen MR) is 112 cm³/mol. The van der Waals surface area contributed by atoms with E-state index in [0.717, 1.165) is 29.9 Å². The van der Waals surface area contributed by atoms with E-state index in [2.05, 4.69) is 41.1 Å². The monoisotopic (exact) mass is 364 g/mol. The molecule has 0 saturated heterocycles. The number of nitrogens with one attached hydrogen (secondary N) is 1. The third kappa shape index (κ3) is 4.56. The number of carbonyl (C=O) groups is 1. The van der Waals surface area contributed by atoms with Gasteiger partial charge in [-0.3, -0.25) is 4.79 Å². The van der Waals surface area contributed by atoms with Gasteiger partial charge in [0.2, 0.25) is 5.91 Å². The van der Waals surface area contributed by atoms with Gasteiger partial charge in [0.1, 0.15) is 0 Å². The molecule has 0 radical (unpaired) electrons. The first-order valence-corrected chi connectivity index (χ1v) is 9.30. The number of hydrogen-bond acceptors (Lipinski definition) is 3. The minimum atomic E-state index is -0.334. The summed E-state index contributed by atoms with van der Waals surface area (Å²) in [6, 6.07) is 17.5. The summed E-state index contributed by atoms with van der Waals surface area (Å²) in [5, 5.41) is 4.19. The van der Waals surface area contributed by atoms with Gasteiger partial charge in [0, 0.05) is 31.0 Å². The summed E-state index contributed by atoms with van der Waals surface area (Å²) in [5.41, 5.74) is 9.17. The Morgan fingerprint density at radius 2 is 1.89 bits per heavy atom. The Bertz CT molecular complexity index is 901. The Labute approximate surface area is 160 Å². The predicted octanol–water partition coefficient (Wildman–Crippen LogP) is 3.48. The van der Waals surface area contributed by atoms with Gasteiger partial charge >= 0.3 is 0 Å². The standard InChI is InChI=1S/C22H28N4O/c1-16(21(23)18-7-5-4-6-8-18)22(27)24-19-10-9-17-11-12-26(20(17)15-19)14-13-25(2)3/h4-12,15-16,21H,13-14,23H2,1-3H3,(H,24,27). The van der Waals surface area contributed by atoms with E-state index in [-0.39, 0.29) is 17.9 Å². The molecule has 2 aromatic carbocycles. The van der Waals surface area contributed by atoms with Crippen LogP contribution in [-0.4, -0.2) is 36.0 Å². The van der Waals surface area contributed by atoms with Crippen molar-refractivity contribution in [2.45, 2.75) is 19.5 Å². The van der Waals surface area contributed by atoms with Gasteiger partial charge in [0.05, 0.1) is 11.4 Å². The van der Waals surface area contributed by atoms with Crippen molar-refractivity contribution in [1.29, 1.82) is 0 Å². The summed E-state index contributed by atoms with van der Waals surface area (Å²) in [4.78, 5) is 14.9.